The first-order valence-corrected chi connectivity index (χ1v) is 6.64. The molecule has 2 aromatic rings. The summed E-state index contributed by atoms with van der Waals surface area (Å²) in [6.45, 7) is -0.919. The van der Waals surface area contributed by atoms with Crippen LogP contribution in [0.5, 0.6) is 0 Å². The van der Waals surface area contributed by atoms with Crippen LogP contribution in [0.25, 0.3) is 11.1 Å². The summed E-state index contributed by atoms with van der Waals surface area (Å²) in [5.74, 6) is 0. The van der Waals surface area contributed by atoms with Crippen LogP contribution >= 0.6 is 0 Å². The number of alkyl halides is 3. The van der Waals surface area contributed by atoms with Crippen molar-refractivity contribution in [3.05, 3.63) is 36.7 Å². The molecule has 2 amide bonds. The van der Waals surface area contributed by atoms with Crippen molar-refractivity contribution in [2.45, 2.75) is 12.3 Å². The molecule has 0 fully saturated rings. The van der Waals surface area contributed by atoms with E-state index in [9.17, 15) is 18.0 Å². The second kappa shape index (κ2) is 6.69. The predicted molar refractivity (Wildman–Crippen MR) is 77.7 cm³/mol. The average Bonchev–Trinajstić information content (AvgIpc) is 2.90. The van der Waals surface area contributed by atoms with Gasteiger partial charge in [0.1, 0.15) is 0 Å². The van der Waals surface area contributed by atoms with Crippen LogP contribution in [0, 0.1) is 0 Å². The molecule has 23 heavy (non-hydrogen) atoms. The van der Waals surface area contributed by atoms with Crippen LogP contribution < -0.4 is 10.6 Å². The van der Waals surface area contributed by atoms with Crippen molar-refractivity contribution in [2.24, 2.45) is 7.05 Å². The summed E-state index contributed by atoms with van der Waals surface area (Å²) >= 11 is 0. The van der Waals surface area contributed by atoms with Gasteiger partial charge in [0.25, 0.3) is 0 Å². The van der Waals surface area contributed by atoms with Crippen LogP contribution in [0.3, 0.4) is 0 Å². The molecule has 124 valence electrons. The molecule has 0 radical (unpaired) electrons. The summed E-state index contributed by atoms with van der Waals surface area (Å²) in [6, 6.07) is 5.93. The number of hydrogen-bond donors (Lipinski definition) is 3. The minimum absolute atomic E-state index is 0.408. The van der Waals surface area contributed by atoms with E-state index in [1.165, 1.54) is 0 Å². The molecule has 1 unspecified atom stereocenters. The van der Waals surface area contributed by atoms with Gasteiger partial charge in [0.15, 0.2) is 6.10 Å². The van der Waals surface area contributed by atoms with Gasteiger partial charge in [-0.2, -0.15) is 18.3 Å². The zero-order valence-electron chi connectivity index (χ0n) is 12.1. The molecule has 2 rings (SSSR count). The Morgan fingerprint density at radius 3 is 2.74 bits per heavy atom. The Balaban J connectivity index is 1.96. The Labute approximate surface area is 129 Å². The molecule has 0 saturated carbocycles. The topological polar surface area (TPSA) is 79.2 Å². The maximum absolute atomic E-state index is 12.1. The maximum atomic E-state index is 12.1. The van der Waals surface area contributed by atoms with Gasteiger partial charge in [0, 0.05) is 24.5 Å². The van der Waals surface area contributed by atoms with Crippen molar-refractivity contribution in [3.8, 4) is 11.1 Å². The second-order valence-corrected chi connectivity index (χ2v) is 4.88. The Hall–Kier alpha value is -2.55. The third kappa shape index (κ3) is 4.71. The number of halogens is 3. The molecule has 6 nitrogen and oxygen atoms in total. The van der Waals surface area contributed by atoms with Gasteiger partial charge >= 0.3 is 12.2 Å². The number of benzene rings is 1. The molecule has 9 heteroatoms. The van der Waals surface area contributed by atoms with Gasteiger partial charge in [-0.3, -0.25) is 4.68 Å². The number of hydrogen-bond acceptors (Lipinski definition) is 3. The fourth-order valence-corrected chi connectivity index (χ4v) is 1.83. The van der Waals surface area contributed by atoms with Gasteiger partial charge in [-0.25, -0.2) is 4.79 Å². The highest BCUT2D eigenvalue weighted by Gasteiger charge is 2.38. The second-order valence-electron chi connectivity index (χ2n) is 4.88. The number of anilines is 1. The van der Waals surface area contributed by atoms with E-state index in [1.807, 2.05) is 11.4 Å². The first kappa shape index (κ1) is 16.8. The number of aliphatic hydroxyl groups excluding tert-OH is 1. The van der Waals surface area contributed by atoms with Crippen molar-refractivity contribution < 1.29 is 23.1 Å². The predicted octanol–water partition coefficient (Wildman–Crippen LogP) is 2.13. The van der Waals surface area contributed by atoms with Gasteiger partial charge in [0.05, 0.1) is 12.7 Å². The molecule has 0 aliphatic rings. The SMILES string of the molecule is Cn1cc(-c2cccc(NC(=O)NCC(O)C(F)(F)F)c2)cn1. The molecule has 0 spiro atoms. The zero-order chi connectivity index (χ0) is 17.0. The molecule has 1 heterocycles. The van der Waals surface area contributed by atoms with Gasteiger partial charge in [-0.15, -0.1) is 0 Å². The molecule has 0 aliphatic heterocycles. The number of aliphatic hydroxyl groups is 1. The van der Waals surface area contributed by atoms with E-state index < -0.39 is 24.9 Å². The summed E-state index contributed by atoms with van der Waals surface area (Å²) in [7, 11) is 1.77. The minimum atomic E-state index is -4.77. The average molecular weight is 328 g/mol. The third-order valence-electron chi connectivity index (χ3n) is 2.99. The van der Waals surface area contributed by atoms with Gasteiger partial charge < -0.3 is 15.7 Å². The summed E-state index contributed by atoms with van der Waals surface area (Å²) in [5.41, 5.74) is 2.04. The Morgan fingerprint density at radius 2 is 2.13 bits per heavy atom. The highest BCUT2D eigenvalue weighted by molar-refractivity contribution is 5.90. The number of aryl methyl sites for hydroxylation is 1. The zero-order valence-corrected chi connectivity index (χ0v) is 12.1. The van der Waals surface area contributed by atoms with Crippen LogP contribution in [0.2, 0.25) is 0 Å². The third-order valence-corrected chi connectivity index (χ3v) is 2.99. The number of carbonyl (C=O) groups is 1. The normalized spacial score (nSPS) is 12.7. The largest absolute Gasteiger partial charge is 0.416 e. The van der Waals surface area contributed by atoms with Crippen molar-refractivity contribution in [3.63, 3.8) is 0 Å². The lowest BCUT2D eigenvalue weighted by Crippen LogP contribution is -2.42. The molecule has 1 aromatic carbocycles. The quantitative estimate of drug-likeness (QED) is 0.804. The number of aromatic nitrogens is 2. The summed E-state index contributed by atoms with van der Waals surface area (Å²) < 4.78 is 38.0. The van der Waals surface area contributed by atoms with Crippen molar-refractivity contribution in [2.75, 3.05) is 11.9 Å². The molecular weight excluding hydrogens is 313 g/mol. The van der Waals surface area contributed by atoms with E-state index in [-0.39, 0.29) is 0 Å². The molecule has 0 bridgehead atoms. The Bertz CT molecular complexity index is 685. The van der Waals surface area contributed by atoms with Crippen molar-refractivity contribution in [1.29, 1.82) is 0 Å². The fourth-order valence-electron chi connectivity index (χ4n) is 1.83. The van der Waals surface area contributed by atoms with E-state index in [4.69, 9.17) is 5.11 Å². The standard InChI is InChI=1S/C14H15F3N4O2/c1-21-8-10(6-19-21)9-3-2-4-11(5-9)20-13(23)18-7-12(22)14(15,16)17/h2-6,8,12,22H,7H2,1H3,(H2,18,20,23). The monoisotopic (exact) mass is 328 g/mol. The lowest BCUT2D eigenvalue weighted by atomic mass is 10.1. The van der Waals surface area contributed by atoms with Crippen LogP contribution in [0.4, 0.5) is 23.7 Å². The Morgan fingerprint density at radius 1 is 1.39 bits per heavy atom. The first-order valence-electron chi connectivity index (χ1n) is 6.64. The number of nitrogens with zero attached hydrogens (tertiary/aromatic N) is 2. The number of nitrogens with one attached hydrogen (secondary N) is 2. The number of carbonyl (C=O) groups excluding carboxylic acids is 1. The molecule has 0 saturated heterocycles. The maximum Gasteiger partial charge on any atom is 0.416 e. The first-order chi connectivity index (χ1) is 10.8. The van der Waals surface area contributed by atoms with Gasteiger partial charge in [-0.05, 0) is 17.7 Å². The van der Waals surface area contributed by atoms with Crippen LogP contribution in [0.15, 0.2) is 36.7 Å². The fraction of sp³-hybridized carbons (Fsp3) is 0.286. The van der Waals surface area contributed by atoms with Crippen LogP contribution in [-0.4, -0.2) is 39.7 Å². The molecule has 1 atom stereocenters. The highest BCUT2D eigenvalue weighted by Crippen LogP contribution is 2.22. The molecule has 1 aromatic heterocycles. The summed E-state index contributed by atoms with van der Waals surface area (Å²) in [5, 5.41) is 17.2. The van der Waals surface area contributed by atoms with E-state index in [2.05, 4.69) is 10.4 Å². The lowest BCUT2D eigenvalue weighted by Gasteiger charge is -2.15. The molecule has 3 N–H and O–H groups in total. The van der Waals surface area contributed by atoms with Crippen LogP contribution in [-0.2, 0) is 7.05 Å². The van der Waals surface area contributed by atoms with E-state index >= 15 is 0 Å². The summed E-state index contributed by atoms with van der Waals surface area (Å²) in [6.07, 6.45) is -3.93. The molecule has 0 aliphatic carbocycles. The van der Waals surface area contributed by atoms with E-state index in [0.717, 1.165) is 11.1 Å². The van der Waals surface area contributed by atoms with Crippen molar-refractivity contribution in [1.82, 2.24) is 15.1 Å². The van der Waals surface area contributed by atoms with Gasteiger partial charge in [-0.1, -0.05) is 12.1 Å². The van der Waals surface area contributed by atoms with Crippen LogP contribution in [0.1, 0.15) is 0 Å². The van der Waals surface area contributed by atoms with Gasteiger partial charge in [0.2, 0.25) is 0 Å². The Kier molecular flexibility index (Phi) is 4.89. The molecular formula is C14H15F3N4O2. The number of urea groups is 1. The highest BCUT2D eigenvalue weighted by atomic mass is 19.4. The van der Waals surface area contributed by atoms with Crippen molar-refractivity contribution >= 4 is 11.7 Å². The number of rotatable bonds is 4. The lowest BCUT2D eigenvalue weighted by molar-refractivity contribution is -0.201. The number of amides is 2. The summed E-state index contributed by atoms with van der Waals surface area (Å²) in [4.78, 5) is 11.6. The van der Waals surface area contributed by atoms with E-state index in [1.54, 1.807) is 42.3 Å². The van der Waals surface area contributed by atoms with E-state index in [0.29, 0.717) is 5.69 Å². The minimum Gasteiger partial charge on any atom is -0.382 e. The smallest absolute Gasteiger partial charge is 0.382 e.